The minimum absolute atomic E-state index is 0.482. The number of amides is 1. The summed E-state index contributed by atoms with van der Waals surface area (Å²) in [5, 5.41) is 0. The highest BCUT2D eigenvalue weighted by Crippen LogP contribution is 2.36. The maximum atomic E-state index is 12.4. The van der Waals surface area contributed by atoms with Gasteiger partial charge in [-0.3, -0.25) is 4.90 Å². The van der Waals surface area contributed by atoms with Crippen LogP contribution < -0.4 is 9.47 Å². The number of likely N-dealkylation sites (N-methyl/N-ethyl adjacent to an activating group) is 1. The summed E-state index contributed by atoms with van der Waals surface area (Å²) in [7, 11) is 4.55. The van der Waals surface area contributed by atoms with E-state index in [1.165, 1.54) is 26.2 Å². The molecule has 0 aromatic heterocycles. The minimum atomic E-state index is -1.26. The van der Waals surface area contributed by atoms with E-state index in [9.17, 15) is 9.59 Å². The Hall–Kier alpha value is -2.24. The first-order valence-corrected chi connectivity index (χ1v) is 7.24. The molecule has 0 spiro atoms. The predicted octanol–water partition coefficient (Wildman–Crippen LogP) is 2.98. The predicted molar refractivity (Wildman–Crippen MR) is 87.0 cm³/mol. The van der Waals surface area contributed by atoms with Gasteiger partial charge in [0.25, 0.3) is 0 Å². The molecule has 23 heavy (non-hydrogen) atoms. The minimum Gasteiger partial charge on any atom is -0.497 e. The highest BCUT2D eigenvalue weighted by atomic mass is 16.6. The lowest BCUT2D eigenvalue weighted by Gasteiger charge is -2.36. The van der Waals surface area contributed by atoms with Gasteiger partial charge in [0.05, 0.1) is 14.2 Å². The molecule has 0 N–H and O–H groups in total. The summed E-state index contributed by atoms with van der Waals surface area (Å²) < 4.78 is 15.9. The molecule has 0 bridgehead atoms. The van der Waals surface area contributed by atoms with E-state index in [1.807, 2.05) is 0 Å². The number of carbonyl (C=O) groups excluding carboxylic acids is 2. The second kappa shape index (κ2) is 6.89. The Bertz CT molecular complexity index is 579. The zero-order valence-corrected chi connectivity index (χ0v) is 14.8. The highest BCUT2D eigenvalue weighted by Gasteiger charge is 2.39. The second-order valence-electron chi connectivity index (χ2n) is 6.37. The van der Waals surface area contributed by atoms with Gasteiger partial charge in [0, 0.05) is 12.6 Å². The van der Waals surface area contributed by atoms with Crippen molar-refractivity contribution in [3.05, 3.63) is 23.8 Å². The SMILES string of the molecule is COc1ccc(OC)c(C(C)(C=O)N(C)C(=O)OC(C)(C)C)c1. The average molecular weight is 323 g/mol. The number of ether oxygens (including phenoxy) is 3. The third-order valence-corrected chi connectivity index (χ3v) is 3.55. The van der Waals surface area contributed by atoms with Gasteiger partial charge in [-0.25, -0.2) is 4.79 Å². The number of aldehydes is 1. The fraction of sp³-hybridized carbons (Fsp3) is 0.529. The molecule has 0 saturated carbocycles. The lowest BCUT2D eigenvalue weighted by atomic mass is 9.91. The van der Waals surface area contributed by atoms with Gasteiger partial charge in [-0.05, 0) is 45.9 Å². The van der Waals surface area contributed by atoms with Gasteiger partial charge >= 0.3 is 6.09 Å². The van der Waals surface area contributed by atoms with E-state index in [4.69, 9.17) is 14.2 Å². The Morgan fingerprint density at radius 3 is 2.17 bits per heavy atom. The number of methoxy groups -OCH3 is 2. The van der Waals surface area contributed by atoms with Crippen LogP contribution in [0.2, 0.25) is 0 Å². The van der Waals surface area contributed by atoms with Crippen LogP contribution >= 0.6 is 0 Å². The molecule has 1 aromatic rings. The largest absolute Gasteiger partial charge is 0.497 e. The average Bonchev–Trinajstić information content (AvgIpc) is 2.50. The molecule has 0 heterocycles. The van der Waals surface area contributed by atoms with Crippen LogP contribution in [0.1, 0.15) is 33.3 Å². The van der Waals surface area contributed by atoms with Crippen LogP contribution in [0.3, 0.4) is 0 Å². The van der Waals surface area contributed by atoms with E-state index in [0.29, 0.717) is 23.3 Å². The zero-order valence-electron chi connectivity index (χ0n) is 14.8. The van der Waals surface area contributed by atoms with Gasteiger partial charge in [-0.15, -0.1) is 0 Å². The quantitative estimate of drug-likeness (QED) is 0.779. The van der Waals surface area contributed by atoms with Gasteiger partial charge in [0.1, 0.15) is 28.9 Å². The van der Waals surface area contributed by atoms with Crippen molar-refractivity contribution in [1.29, 1.82) is 0 Å². The first-order valence-electron chi connectivity index (χ1n) is 7.24. The summed E-state index contributed by atoms with van der Waals surface area (Å²) in [5.41, 5.74) is -1.40. The Kier molecular flexibility index (Phi) is 5.64. The van der Waals surface area contributed by atoms with Crippen LogP contribution in [0.15, 0.2) is 18.2 Å². The van der Waals surface area contributed by atoms with E-state index >= 15 is 0 Å². The van der Waals surface area contributed by atoms with E-state index in [2.05, 4.69) is 0 Å². The molecule has 1 atom stereocenters. The van der Waals surface area contributed by atoms with Crippen molar-refractivity contribution in [3.63, 3.8) is 0 Å². The zero-order chi connectivity index (χ0) is 17.8. The number of benzene rings is 1. The summed E-state index contributed by atoms with van der Waals surface area (Å²) in [6.07, 6.45) is 0.0887. The van der Waals surface area contributed by atoms with Gasteiger partial charge in [-0.1, -0.05) is 0 Å². The number of nitrogens with zero attached hydrogens (tertiary/aromatic N) is 1. The monoisotopic (exact) mass is 323 g/mol. The Balaban J connectivity index is 3.33. The van der Waals surface area contributed by atoms with Gasteiger partial charge in [0.15, 0.2) is 0 Å². The number of hydrogen-bond acceptors (Lipinski definition) is 5. The molecule has 1 amide bonds. The number of carbonyl (C=O) groups is 2. The third-order valence-electron chi connectivity index (χ3n) is 3.55. The topological polar surface area (TPSA) is 65.1 Å². The maximum absolute atomic E-state index is 12.4. The Labute approximate surface area is 137 Å². The van der Waals surface area contributed by atoms with Crippen LogP contribution in [0, 0.1) is 0 Å². The van der Waals surface area contributed by atoms with E-state index in [0.717, 1.165) is 0 Å². The van der Waals surface area contributed by atoms with Crippen LogP contribution in [0.5, 0.6) is 11.5 Å². The second-order valence-corrected chi connectivity index (χ2v) is 6.37. The molecule has 0 fully saturated rings. The summed E-state index contributed by atoms with van der Waals surface area (Å²) in [6.45, 7) is 6.93. The highest BCUT2D eigenvalue weighted by molar-refractivity contribution is 5.79. The van der Waals surface area contributed by atoms with Crippen molar-refractivity contribution in [2.24, 2.45) is 0 Å². The Morgan fingerprint density at radius 1 is 1.13 bits per heavy atom. The normalized spacial score (nSPS) is 13.7. The number of hydrogen-bond donors (Lipinski definition) is 0. The van der Waals surface area contributed by atoms with Crippen LogP contribution in [0.25, 0.3) is 0 Å². The summed E-state index contributed by atoms with van der Waals surface area (Å²) >= 11 is 0. The lowest BCUT2D eigenvalue weighted by Crippen LogP contribution is -2.48. The molecule has 6 heteroatoms. The van der Waals surface area contributed by atoms with Gasteiger partial charge in [0.2, 0.25) is 0 Å². The summed E-state index contributed by atoms with van der Waals surface area (Å²) in [5.74, 6) is 1.04. The molecule has 6 nitrogen and oxygen atoms in total. The van der Waals surface area contributed by atoms with Crippen LogP contribution in [-0.2, 0) is 15.1 Å². The fourth-order valence-corrected chi connectivity index (χ4v) is 2.05. The molecule has 1 unspecified atom stereocenters. The maximum Gasteiger partial charge on any atom is 0.411 e. The van der Waals surface area contributed by atoms with Crippen molar-refractivity contribution in [2.45, 2.75) is 38.8 Å². The standard InChI is InChI=1S/C17H25NO5/c1-16(2,3)23-15(20)18(5)17(4,11-19)13-10-12(21-6)8-9-14(13)22-7/h8-11H,1-7H3. The molecule has 1 rings (SSSR count). The first kappa shape index (κ1) is 18.8. The summed E-state index contributed by atoms with van der Waals surface area (Å²) in [6, 6.07) is 5.09. The molecule has 0 aliphatic heterocycles. The molecule has 0 aliphatic rings. The molecule has 0 radical (unpaired) electrons. The van der Waals surface area contributed by atoms with Crippen molar-refractivity contribution >= 4 is 12.4 Å². The molecule has 0 aliphatic carbocycles. The van der Waals surface area contributed by atoms with Crippen molar-refractivity contribution in [1.82, 2.24) is 4.90 Å². The van der Waals surface area contributed by atoms with Gasteiger partial charge in [-0.2, -0.15) is 0 Å². The van der Waals surface area contributed by atoms with E-state index in [-0.39, 0.29) is 0 Å². The van der Waals surface area contributed by atoms with Crippen LogP contribution in [-0.4, -0.2) is 44.1 Å². The molecular weight excluding hydrogens is 298 g/mol. The lowest BCUT2D eigenvalue weighted by molar-refractivity contribution is -0.117. The molecule has 0 saturated heterocycles. The van der Waals surface area contributed by atoms with Crippen LogP contribution in [0.4, 0.5) is 4.79 Å². The van der Waals surface area contributed by atoms with Crippen molar-refractivity contribution < 1.29 is 23.8 Å². The van der Waals surface area contributed by atoms with E-state index in [1.54, 1.807) is 45.9 Å². The first-order chi connectivity index (χ1) is 10.6. The molecule has 128 valence electrons. The smallest absolute Gasteiger partial charge is 0.411 e. The van der Waals surface area contributed by atoms with Gasteiger partial charge < -0.3 is 19.0 Å². The molecule has 1 aromatic carbocycles. The van der Waals surface area contributed by atoms with Crippen molar-refractivity contribution in [3.8, 4) is 11.5 Å². The summed E-state index contributed by atoms with van der Waals surface area (Å²) in [4.78, 5) is 25.5. The molecular formula is C17H25NO5. The van der Waals surface area contributed by atoms with E-state index < -0.39 is 17.2 Å². The van der Waals surface area contributed by atoms with Crippen molar-refractivity contribution in [2.75, 3.05) is 21.3 Å². The Morgan fingerprint density at radius 2 is 1.74 bits per heavy atom. The third kappa shape index (κ3) is 4.15. The number of rotatable bonds is 5. The fourth-order valence-electron chi connectivity index (χ4n) is 2.05.